The predicted molar refractivity (Wildman–Crippen MR) is 82.2 cm³/mol. The van der Waals surface area contributed by atoms with Crippen molar-refractivity contribution in [1.29, 1.82) is 0 Å². The highest BCUT2D eigenvalue weighted by Crippen LogP contribution is 2.24. The molecule has 0 fully saturated rings. The maximum absolute atomic E-state index is 9.35. The smallest absolute Gasteiger partial charge is 0.330 e. The first-order chi connectivity index (χ1) is 9.16. The Morgan fingerprint density at radius 3 is 2.10 bits per heavy atom. The van der Waals surface area contributed by atoms with Crippen molar-refractivity contribution >= 4 is 16.9 Å². The van der Waals surface area contributed by atoms with E-state index in [1.54, 1.807) is 7.11 Å². The van der Waals surface area contributed by atoms with E-state index in [0.717, 1.165) is 0 Å². The monoisotopic (exact) mass is 326 g/mol. The Kier molecular flexibility index (Phi) is 9.35. The molecule has 0 rings (SSSR count). The average molecular weight is 327 g/mol. The number of aliphatic hydroxyl groups is 3. The van der Waals surface area contributed by atoms with Gasteiger partial charge in [-0.2, -0.15) is 0 Å². The second-order valence-corrected chi connectivity index (χ2v) is 14.2. The van der Waals surface area contributed by atoms with Crippen LogP contribution in [0.25, 0.3) is 0 Å². The summed E-state index contributed by atoms with van der Waals surface area (Å²) < 4.78 is 16.9. The molecule has 0 bridgehead atoms. The molecule has 0 spiro atoms. The topological polar surface area (TPSA) is 88.4 Å². The lowest BCUT2D eigenvalue weighted by molar-refractivity contribution is -0.155. The van der Waals surface area contributed by atoms with Gasteiger partial charge in [0.25, 0.3) is 0 Å². The summed E-state index contributed by atoms with van der Waals surface area (Å²) in [6.45, 7) is 8.13. The molecule has 0 aliphatic heterocycles. The Morgan fingerprint density at radius 2 is 1.70 bits per heavy atom. The van der Waals surface area contributed by atoms with Gasteiger partial charge in [0.1, 0.15) is 6.10 Å². The highest BCUT2D eigenvalue weighted by molar-refractivity contribution is 6.82. The molecule has 0 heterocycles. The van der Waals surface area contributed by atoms with Gasteiger partial charge in [0.15, 0.2) is 14.6 Å². The van der Waals surface area contributed by atoms with Crippen molar-refractivity contribution in [3.63, 3.8) is 0 Å². The van der Waals surface area contributed by atoms with Gasteiger partial charge < -0.3 is 28.6 Å². The highest BCUT2D eigenvalue weighted by Gasteiger charge is 2.39. The second kappa shape index (κ2) is 9.26. The fourth-order valence-corrected chi connectivity index (χ4v) is 9.18. The van der Waals surface area contributed by atoms with Gasteiger partial charge in [-0.15, -0.1) is 0 Å². The third kappa shape index (κ3) is 8.47. The van der Waals surface area contributed by atoms with Crippen LogP contribution in [0.2, 0.25) is 31.7 Å². The van der Waals surface area contributed by atoms with E-state index < -0.39 is 29.3 Å². The van der Waals surface area contributed by atoms with Crippen LogP contribution in [0.3, 0.4) is 0 Å². The molecule has 8 heteroatoms. The zero-order chi connectivity index (χ0) is 15.8. The van der Waals surface area contributed by atoms with Crippen LogP contribution in [0.1, 0.15) is 13.3 Å². The number of rotatable bonds is 11. The molecular formula is C12H30O6Si2. The summed E-state index contributed by atoms with van der Waals surface area (Å²) in [5.41, 5.74) is 0. The van der Waals surface area contributed by atoms with Crippen molar-refractivity contribution < 1.29 is 28.6 Å². The third-order valence-corrected chi connectivity index (χ3v) is 9.54. The van der Waals surface area contributed by atoms with Crippen LogP contribution in [0.5, 0.6) is 0 Å². The van der Waals surface area contributed by atoms with Gasteiger partial charge in [0.2, 0.25) is 0 Å². The molecule has 0 aromatic carbocycles. The van der Waals surface area contributed by atoms with E-state index in [1.807, 2.05) is 0 Å². The first-order valence-electron chi connectivity index (χ1n) is 7.00. The lowest BCUT2D eigenvalue weighted by atomic mass is 10.4. The minimum absolute atomic E-state index is 0.0434. The van der Waals surface area contributed by atoms with Gasteiger partial charge in [-0.05, 0) is 39.0 Å². The molecule has 20 heavy (non-hydrogen) atoms. The number of hydrogen-bond acceptors (Lipinski definition) is 6. The number of hydrogen-bond donors (Lipinski definition) is 3. The van der Waals surface area contributed by atoms with Crippen molar-refractivity contribution in [3.8, 4) is 0 Å². The first-order valence-corrected chi connectivity index (χ1v) is 12.6. The Bertz CT molecular complexity index is 259. The first kappa shape index (κ1) is 20.2. The highest BCUT2D eigenvalue weighted by atomic mass is 28.4. The summed E-state index contributed by atoms with van der Waals surface area (Å²) in [4.78, 5) is 0. The van der Waals surface area contributed by atoms with Gasteiger partial charge in [-0.1, -0.05) is 0 Å². The summed E-state index contributed by atoms with van der Waals surface area (Å²) in [6, 6.07) is 1.23. The SMILES string of the molecule is CO[Si](CCO)(CCCOC(O)C(C)O)O[Si](C)(C)C. The third-order valence-electron chi connectivity index (χ3n) is 2.76. The molecule has 0 aliphatic rings. The Labute approximate surface area is 124 Å². The van der Waals surface area contributed by atoms with Gasteiger partial charge in [-0.3, -0.25) is 0 Å². The van der Waals surface area contributed by atoms with Crippen molar-refractivity contribution in [2.45, 2.75) is 57.5 Å². The normalized spacial score (nSPS) is 18.6. The largest absolute Gasteiger partial charge is 0.436 e. The second-order valence-electron chi connectivity index (χ2n) is 5.91. The molecule has 0 aromatic rings. The minimum atomic E-state index is -2.42. The molecule has 122 valence electrons. The fourth-order valence-electron chi connectivity index (χ4n) is 1.89. The summed E-state index contributed by atoms with van der Waals surface area (Å²) >= 11 is 0. The Morgan fingerprint density at radius 1 is 1.10 bits per heavy atom. The molecule has 3 N–H and O–H groups in total. The van der Waals surface area contributed by atoms with Crippen molar-refractivity contribution in [2.24, 2.45) is 0 Å². The molecule has 0 aromatic heterocycles. The van der Waals surface area contributed by atoms with Crippen LogP contribution in [-0.4, -0.2) is 64.9 Å². The Hall–Kier alpha value is 0.194. The van der Waals surface area contributed by atoms with E-state index in [-0.39, 0.29) is 6.61 Å². The summed E-state index contributed by atoms with van der Waals surface area (Å²) in [5, 5.41) is 27.7. The standard InChI is InChI=1S/C12H30O6Si2/c1-11(14)12(15)17-8-6-9-20(16-2,10-7-13)18-19(3,4)5/h11-15H,6-10H2,1-5H3. The van der Waals surface area contributed by atoms with Gasteiger partial charge in [-0.25, -0.2) is 0 Å². The maximum Gasteiger partial charge on any atom is 0.330 e. The fraction of sp³-hybridized carbons (Fsp3) is 1.00. The lowest BCUT2D eigenvalue weighted by Crippen LogP contribution is -2.49. The minimum Gasteiger partial charge on any atom is -0.436 e. The van der Waals surface area contributed by atoms with E-state index in [2.05, 4.69) is 19.6 Å². The van der Waals surface area contributed by atoms with Crippen LogP contribution in [0.15, 0.2) is 0 Å². The number of ether oxygens (including phenoxy) is 1. The van der Waals surface area contributed by atoms with E-state index in [0.29, 0.717) is 25.1 Å². The van der Waals surface area contributed by atoms with Gasteiger partial charge in [0.05, 0.1) is 0 Å². The average Bonchev–Trinajstić information content (AvgIpc) is 2.32. The summed E-state index contributed by atoms with van der Waals surface area (Å²) in [7, 11) is -2.54. The van der Waals surface area contributed by atoms with E-state index in [1.165, 1.54) is 6.92 Å². The van der Waals surface area contributed by atoms with Crippen LogP contribution in [-0.2, 0) is 13.3 Å². The predicted octanol–water partition coefficient (Wildman–Crippen LogP) is 1.02. The van der Waals surface area contributed by atoms with Crippen LogP contribution < -0.4 is 0 Å². The zero-order valence-corrected chi connectivity index (χ0v) is 15.3. The quantitative estimate of drug-likeness (QED) is 0.298. The molecular weight excluding hydrogens is 296 g/mol. The molecule has 0 saturated heterocycles. The molecule has 3 unspecified atom stereocenters. The molecule has 0 saturated carbocycles. The van der Waals surface area contributed by atoms with Crippen molar-refractivity contribution in [3.05, 3.63) is 0 Å². The summed E-state index contributed by atoms with van der Waals surface area (Å²) in [6.07, 6.45) is -1.41. The lowest BCUT2D eigenvalue weighted by Gasteiger charge is -2.35. The van der Waals surface area contributed by atoms with E-state index in [4.69, 9.17) is 18.4 Å². The molecule has 3 atom stereocenters. The van der Waals surface area contributed by atoms with Crippen molar-refractivity contribution in [2.75, 3.05) is 20.3 Å². The van der Waals surface area contributed by atoms with Crippen LogP contribution in [0.4, 0.5) is 0 Å². The molecule has 0 aliphatic carbocycles. The van der Waals surface area contributed by atoms with E-state index in [9.17, 15) is 10.2 Å². The maximum atomic E-state index is 9.35. The van der Waals surface area contributed by atoms with Gasteiger partial charge in [0, 0.05) is 26.4 Å². The van der Waals surface area contributed by atoms with Crippen LogP contribution in [0, 0.1) is 0 Å². The number of aliphatic hydroxyl groups excluding tert-OH is 3. The van der Waals surface area contributed by atoms with Crippen molar-refractivity contribution in [1.82, 2.24) is 0 Å². The molecule has 0 radical (unpaired) electrons. The van der Waals surface area contributed by atoms with Crippen LogP contribution >= 0.6 is 0 Å². The molecule has 6 nitrogen and oxygen atoms in total. The molecule has 0 amide bonds. The van der Waals surface area contributed by atoms with Gasteiger partial charge >= 0.3 is 8.56 Å². The Balaban J connectivity index is 4.36. The zero-order valence-electron chi connectivity index (χ0n) is 13.3. The summed E-state index contributed by atoms with van der Waals surface area (Å²) in [5.74, 6) is 0. The van der Waals surface area contributed by atoms with E-state index >= 15 is 0 Å².